The molecular formula is C36H22N6O4. The third kappa shape index (κ3) is 3.90. The van der Waals surface area contributed by atoms with E-state index in [4.69, 9.17) is 5.73 Å². The Hall–Kier alpha value is -6.68. The van der Waals surface area contributed by atoms with E-state index in [0.717, 1.165) is 0 Å². The summed E-state index contributed by atoms with van der Waals surface area (Å²) in [7, 11) is 0. The van der Waals surface area contributed by atoms with Crippen molar-refractivity contribution < 1.29 is 19.2 Å². The van der Waals surface area contributed by atoms with Crippen LogP contribution in [0, 0.1) is 0 Å². The van der Waals surface area contributed by atoms with Crippen LogP contribution in [0.15, 0.2) is 120 Å². The summed E-state index contributed by atoms with van der Waals surface area (Å²) < 4.78 is 0. The molecule has 1 aliphatic heterocycles. The van der Waals surface area contributed by atoms with E-state index in [1.165, 1.54) is 5.12 Å². The van der Waals surface area contributed by atoms with Crippen LogP contribution in [0.4, 0.5) is 5.82 Å². The number of hydrogen-bond donors (Lipinski definition) is 3. The number of pyridine rings is 1. The average molecular weight is 603 g/mol. The zero-order valence-electron chi connectivity index (χ0n) is 23.9. The zero-order valence-corrected chi connectivity index (χ0v) is 23.9. The highest BCUT2D eigenvalue weighted by Gasteiger charge is 2.37. The number of ketones is 4. The fourth-order valence-electron chi connectivity index (χ4n) is 6.22. The molecule has 4 N–H and O–H groups in total. The second-order valence-corrected chi connectivity index (χ2v) is 10.8. The van der Waals surface area contributed by atoms with Gasteiger partial charge in [-0.15, -0.1) is 0 Å². The van der Waals surface area contributed by atoms with Crippen molar-refractivity contribution in [3.63, 3.8) is 0 Å². The molecule has 46 heavy (non-hydrogen) atoms. The smallest absolute Gasteiger partial charge is 0.195 e. The van der Waals surface area contributed by atoms with E-state index >= 15 is 0 Å². The first-order valence-corrected chi connectivity index (χ1v) is 14.4. The second-order valence-electron chi connectivity index (χ2n) is 10.8. The molecule has 0 spiro atoms. The molecule has 10 nitrogen and oxygen atoms in total. The molecule has 0 amide bonds. The van der Waals surface area contributed by atoms with Crippen molar-refractivity contribution in [2.45, 2.75) is 0 Å². The Morgan fingerprint density at radius 3 is 1.59 bits per heavy atom. The SMILES string of the molecule is NC1=C(c2cccc3c2C(=O)c2ccccc2C3=O)N(Nc2ccccn2)NN=C1c1cccc2c1C(=O)c1ccccc1C2=O. The predicted molar refractivity (Wildman–Crippen MR) is 170 cm³/mol. The molecule has 8 rings (SSSR count). The second kappa shape index (κ2) is 10.2. The maximum absolute atomic E-state index is 14.0. The maximum Gasteiger partial charge on any atom is 0.195 e. The first-order chi connectivity index (χ1) is 22.4. The Balaban J connectivity index is 1.34. The van der Waals surface area contributed by atoms with Crippen molar-refractivity contribution >= 4 is 40.4 Å². The van der Waals surface area contributed by atoms with Gasteiger partial charge >= 0.3 is 0 Å². The van der Waals surface area contributed by atoms with Crippen molar-refractivity contribution in [2.75, 3.05) is 5.43 Å². The van der Waals surface area contributed by atoms with Gasteiger partial charge in [0.2, 0.25) is 0 Å². The lowest BCUT2D eigenvalue weighted by molar-refractivity contribution is 0.0978. The minimum atomic E-state index is -0.336. The topological polar surface area (TPSA) is 147 Å². The van der Waals surface area contributed by atoms with Gasteiger partial charge in [-0.1, -0.05) is 91.0 Å². The number of fused-ring (bicyclic) bond motifs is 4. The van der Waals surface area contributed by atoms with Crippen LogP contribution in [0.2, 0.25) is 0 Å². The Bertz CT molecular complexity index is 2260. The molecule has 2 aliphatic carbocycles. The van der Waals surface area contributed by atoms with Crippen molar-refractivity contribution in [2.24, 2.45) is 10.8 Å². The van der Waals surface area contributed by atoms with E-state index in [0.29, 0.717) is 28.1 Å². The molecule has 0 atom stereocenters. The van der Waals surface area contributed by atoms with Gasteiger partial charge in [-0.05, 0) is 12.1 Å². The summed E-state index contributed by atoms with van der Waals surface area (Å²) in [5.41, 5.74) is 16.3. The number of nitrogens with zero attached hydrogens (tertiary/aromatic N) is 3. The van der Waals surface area contributed by atoms with Gasteiger partial charge in [-0.2, -0.15) is 15.8 Å². The summed E-state index contributed by atoms with van der Waals surface area (Å²) in [6.07, 6.45) is 1.61. The lowest BCUT2D eigenvalue weighted by Gasteiger charge is -2.34. The maximum atomic E-state index is 14.0. The number of nitrogens with one attached hydrogen (secondary N) is 2. The molecule has 10 heteroatoms. The third-order valence-corrected chi connectivity index (χ3v) is 8.30. The Morgan fingerprint density at radius 2 is 1.02 bits per heavy atom. The molecule has 0 unspecified atom stereocenters. The van der Waals surface area contributed by atoms with Crippen molar-refractivity contribution in [3.05, 3.63) is 171 Å². The number of hydrogen-bond acceptors (Lipinski definition) is 10. The van der Waals surface area contributed by atoms with Crippen LogP contribution in [-0.2, 0) is 0 Å². The van der Waals surface area contributed by atoms with Crippen LogP contribution in [0.3, 0.4) is 0 Å². The molecule has 0 bridgehead atoms. The first-order valence-electron chi connectivity index (χ1n) is 14.4. The molecule has 0 saturated heterocycles. The van der Waals surface area contributed by atoms with E-state index < -0.39 is 0 Å². The monoisotopic (exact) mass is 602 g/mol. The molecule has 220 valence electrons. The first kappa shape index (κ1) is 26.9. The number of carbonyl (C=O) groups is 4. The number of nitrogens with two attached hydrogens (primary N) is 1. The Morgan fingerprint density at radius 1 is 0.543 bits per heavy atom. The van der Waals surface area contributed by atoms with Gasteiger partial charge in [0.25, 0.3) is 0 Å². The molecule has 2 heterocycles. The summed E-state index contributed by atoms with van der Waals surface area (Å²) >= 11 is 0. The number of allylic oxidation sites excluding steroid dienone is 1. The van der Waals surface area contributed by atoms with Gasteiger partial charge in [0.15, 0.2) is 23.1 Å². The highest BCUT2D eigenvalue weighted by atomic mass is 16.1. The number of carbonyl (C=O) groups excluding carboxylic acids is 4. The molecule has 0 radical (unpaired) electrons. The van der Waals surface area contributed by atoms with E-state index in [-0.39, 0.29) is 73.6 Å². The minimum absolute atomic E-state index is 0.0854. The average Bonchev–Trinajstić information content (AvgIpc) is 3.10. The summed E-state index contributed by atoms with van der Waals surface area (Å²) in [5, 5.41) is 5.95. The summed E-state index contributed by atoms with van der Waals surface area (Å²) in [6.45, 7) is 0. The molecule has 0 saturated carbocycles. The third-order valence-electron chi connectivity index (χ3n) is 8.30. The number of benzene rings is 4. The Labute approximate surface area is 261 Å². The lowest BCUT2D eigenvalue weighted by atomic mass is 9.79. The lowest BCUT2D eigenvalue weighted by Crippen LogP contribution is -2.45. The quantitative estimate of drug-likeness (QED) is 0.265. The van der Waals surface area contributed by atoms with Gasteiger partial charge in [0, 0.05) is 61.8 Å². The van der Waals surface area contributed by atoms with Gasteiger partial charge in [-0.25, -0.2) is 4.98 Å². The van der Waals surface area contributed by atoms with Crippen LogP contribution < -0.4 is 16.7 Å². The van der Waals surface area contributed by atoms with E-state index in [2.05, 4.69) is 21.0 Å². The number of rotatable bonds is 4. The number of aromatic nitrogens is 1. The van der Waals surface area contributed by atoms with Crippen LogP contribution in [-0.4, -0.2) is 38.9 Å². The molecular weight excluding hydrogens is 580 g/mol. The van der Waals surface area contributed by atoms with Crippen LogP contribution in [0.25, 0.3) is 5.70 Å². The van der Waals surface area contributed by atoms with Crippen molar-refractivity contribution in [3.8, 4) is 0 Å². The fraction of sp³-hybridized carbons (Fsp3) is 0. The van der Waals surface area contributed by atoms with E-state index in [1.54, 1.807) is 109 Å². The standard InChI is InChI=1S/C36H22N6O4/c37-30-31(23-13-7-15-25-28(23)35(45)21-11-3-1-9-19(21)33(25)43)39-41-42(40-27-17-5-6-18-38-27)32(30)24-14-8-16-26-29(24)36(46)22-12-4-2-10-20(22)34(26)44/h1-18,41H,37H2,(H,38,40). The zero-order chi connectivity index (χ0) is 31.5. The van der Waals surface area contributed by atoms with Crippen molar-refractivity contribution in [1.82, 2.24) is 15.6 Å². The summed E-state index contributed by atoms with van der Waals surface area (Å²) in [4.78, 5) is 59.3. The van der Waals surface area contributed by atoms with Crippen molar-refractivity contribution in [1.29, 1.82) is 0 Å². The number of anilines is 1. The number of hydrazine groups is 2. The highest BCUT2D eigenvalue weighted by molar-refractivity contribution is 6.33. The van der Waals surface area contributed by atoms with E-state index in [9.17, 15) is 19.2 Å². The summed E-state index contributed by atoms with van der Waals surface area (Å²) in [5.74, 6) is -0.796. The predicted octanol–water partition coefficient (Wildman–Crippen LogP) is 4.51. The molecule has 3 aliphatic rings. The number of hydrazone groups is 1. The van der Waals surface area contributed by atoms with Crippen LogP contribution in [0.5, 0.6) is 0 Å². The van der Waals surface area contributed by atoms with Crippen LogP contribution >= 0.6 is 0 Å². The van der Waals surface area contributed by atoms with Gasteiger partial charge in [0.1, 0.15) is 17.2 Å². The van der Waals surface area contributed by atoms with Gasteiger partial charge in [0.05, 0.1) is 5.70 Å². The van der Waals surface area contributed by atoms with E-state index in [1.807, 2.05) is 0 Å². The fourth-order valence-corrected chi connectivity index (χ4v) is 6.22. The van der Waals surface area contributed by atoms with Gasteiger partial charge in [-0.3, -0.25) is 24.6 Å². The Kier molecular flexibility index (Phi) is 5.97. The molecule has 0 fully saturated rings. The van der Waals surface area contributed by atoms with Crippen LogP contribution in [0.1, 0.15) is 74.8 Å². The molecule has 1 aromatic heterocycles. The molecule has 4 aromatic carbocycles. The largest absolute Gasteiger partial charge is 0.395 e. The van der Waals surface area contributed by atoms with Gasteiger partial charge < -0.3 is 5.73 Å². The normalized spacial score (nSPS) is 15.0. The molecule has 5 aromatic rings. The highest BCUT2D eigenvalue weighted by Crippen LogP contribution is 2.37. The minimum Gasteiger partial charge on any atom is -0.395 e. The summed E-state index contributed by atoms with van der Waals surface area (Å²) in [6, 6.07) is 28.6.